The van der Waals surface area contributed by atoms with Crippen molar-refractivity contribution in [3.05, 3.63) is 98.8 Å². The van der Waals surface area contributed by atoms with Crippen molar-refractivity contribution in [2.24, 2.45) is 0 Å². The molecule has 8 heteroatoms. The highest BCUT2D eigenvalue weighted by molar-refractivity contribution is 7.80. The summed E-state index contributed by atoms with van der Waals surface area (Å²) in [5.74, 6) is 1.15. The minimum atomic E-state index is -0.180. The Bertz CT molecular complexity index is 1450. The molecule has 0 aliphatic heterocycles. The zero-order valence-corrected chi connectivity index (χ0v) is 22.0. The van der Waals surface area contributed by atoms with E-state index in [1.165, 1.54) is 11.1 Å². The molecule has 36 heavy (non-hydrogen) atoms. The number of halogens is 1. The summed E-state index contributed by atoms with van der Waals surface area (Å²) in [5.41, 5.74) is 4.28. The first kappa shape index (κ1) is 25.5. The molecule has 0 unspecified atom stereocenters. The van der Waals surface area contributed by atoms with Crippen molar-refractivity contribution in [3.8, 4) is 11.5 Å². The molecule has 1 aromatic heterocycles. The molecule has 0 atom stereocenters. The normalized spacial score (nSPS) is 10.8. The number of nitrogens with one attached hydrogen (secondary N) is 2. The number of aromatic nitrogens is 1. The summed E-state index contributed by atoms with van der Waals surface area (Å²) in [4.78, 5) is 18.0. The molecule has 3 aromatic carbocycles. The fourth-order valence-corrected chi connectivity index (χ4v) is 4.52. The zero-order valence-electron chi connectivity index (χ0n) is 20.4. The molecule has 0 fully saturated rings. The standard InChI is InChI=1S/C28H28ClN3O3S/c1-18-6-4-7-19(12-18)10-11-32(28(36)30-23-9-5-8-22(29)15-23)17-21-13-20-14-25(34-2)26(35-3)16-24(20)31-27(21)33/h4-9,12-16H,10-11,17H2,1-3H3,(H,30,36)(H,31,33). The van der Waals surface area contributed by atoms with Gasteiger partial charge in [0.05, 0.1) is 26.3 Å². The second-order valence-corrected chi connectivity index (χ2v) is 9.34. The van der Waals surface area contributed by atoms with E-state index in [4.69, 9.17) is 33.3 Å². The van der Waals surface area contributed by atoms with Crippen LogP contribution in [0.15, 0.2) is 71.5 Å². The molecule has 4 rings (SSSR count). The first-order valence-electron chi connectivity index (χ1n) is 11.5. The van der Waals surface area contributed by atoms with E-state index in [2.05, 4.69) is 35.4 Å². The number of hydrogen-bond acceptors (Lipinski definition) is 4. The second kappa shape index (κ2) is 11.5. The molecule has 6 nitrogen and oxygen atoms in total. The number of thiocarbonyl (C=S) groups is 1. The molecular formula is C28H28ClN3O3S. The van der Waals surface area contributed by atoms with Gasteiger partial charge in [0, 0.05) is 34.3 Å². The van der Waals surface area contributed by atoms with Gasteiger partial charge in [-0.25, -0.2) is 0 Å². The van der Waals surface area contributed by atoms with E-state index in [1.54, 1.807) is 20.3 Å². The van der Waals surface area contributed by atoms with Crippen LogP contribution in [0.1, 0.15) is 16.7 Å². The number of ether oxygens (including phenoxy) is 2. The lowest BCUT2D eigenvalue weighted by molar-refractivity contribution is 0.355. The Morgan fingerprint density at radius 3 is 2.50 bits per heavy atom. The number of aromatic amines is 1. The van der Waals surface area contributed by atoms with E-state index >= 15 is 0 Å². The van der Waals surface area contributed by atoms with E-state index < -0.39 is 0 Å². The molecule has 0 saturated carbocycles. The number of rotatable bonds is 8. The maximum Gasteiger partial charge on any atom is 0.253 e. The van der Waals surface area contributed by atoms with Gasteiger partial charge in [0.15, 0.2) is 16.6 Å². The van der Waals surface area contributed by atoms with Gasteiger partial charge in [0.1, 0.15) is 0 Å². The van der Waals surface area contributed by atoms with Gasteiger partial charge < -0.3 is 24.7 Å². The number of aryl methyl sites for hydroxylation is 1. The van der Waals surface area contributed by atoms with E-state index in [1.807, 2.05) is 47.4 Å². The van der Waals surface area contributed by atoms with E-state index in [-0.39, 0.29) is 5.56 Å². The average Bonchev–Trinajstić information content (AvgIpc) is 2.86. The highest BCUT2D eigenvalue weighted by Crippen LogP contribution is 2.31. The molecular weight excluding hydrogens is 494 g/mol. The van der Waals surface area contributed by atoms with Gasteiger partial charge in [-0.15, -0.1) is 0 Å². The van der Waals surface area contributed by atoms with Crippen molar-refractivity contribution in [3.63, 3.8) is 0 Å². The third-order valence-electron chi connectivity index (χ3n) is 5.90. The quantitative estimate of drug-likeness (QED) is 0.279. The number of hydrogen-bond donors (Lipinski definition) is 2. The summed E-state index contributed by atoms with van der Waals surface area (Å²) in [6.07, 6.45) is 0.773. The minimum Gasteiger partial charge on any atom is -0.493 e. The third kappa shape index (κ3) is 6.17. The predicted molar refractivity (Wildman–Crippen MR) is 151 cm³/mol. The van der Waals surface area contributed by atoms with Crippen LogP contribution in [-0.2, 0) is 13.0 Å². The zero-order chi connectivity index (χ0) is 25.7. The molecule has 0 amide bonds. The number of anilines is 1. The molecule has 0 aliphatic carbocycles. The summed E-state index contributed by atoms with van der Waals surface area (Å²) >= 11 is 11.9. The van der Waals surface area contributed by atoms with Crippen molar-refractivity contribution in [1.82, 2.24) is 9.88 Å². The van der Waals surface area contributed by atoms with Crippen LogP contribution in [0, 0.1) is 6.92 Å². The van der Waals surface area contributed by atoms with Gasteiger partial charge in [-0.2, -0.15) is 0 Å². The highest BCUT2D eigenvalue weighted by atomic mass is 35.5. The van der Waals surface area contributed by atoms with Crippen LogP contribution in [0.2, 0.25) is 5.02 Å². The Hall–Kier alpha value is -3.55. The number of benzene rings is 3. The van der Waals surface area contributed by atoms with Gasteiger partial charge in [0.2, 0.25) is 0 Å². The van der Waals surface area contributed by atoms with E-state index in [0.29, 0.717) is 45.8 Å². The smallest absolute Gasteiger partial charge is 0.253 e. The molecule has 0 aliphatic rings. The number of fused-ring (bicyclic) bond motifs is 1. The fraction of sp³-hybridized carbons (Fsp3) is 0.214. The van der Waals surface area contributed by atoms with Gasteiger partial charge in [0.25, 0.3) is 5.56 Å². The molecule has 186 valence electrons. The lowest BCUT2D eigenvalue weighted by Crippen LogP contribution is -2.37. The van der Waals surface area contributed by atoms with Crippen molar-refractivity contribution < 1.29 is 9.47 Å². The molecule has 2 N–H and O–H groups in total. The molecule has 1 heterocycles. The number of pyridine rings is 1. The number of nitrogens with zero attached hydrogens (tertiary/aromatic N) is 1. The SMILES string of the molecule is COc1cc2cc(CN(CCc3cccc(C)c3)C(=S)Nc3cccc(Cl)c3)c(=O)[nH]c2cc1OC. The summed E-state index contributed by atoms with van der Waals surface area (Å²) in [6, 6.07) is 21.3. The van der Waals surface area contributed by atoms with Crippen molar-refractivity contribution in [2.45, 2.75) is 19.9 Å². The summed E-state index contributed by atoms with van der Waals surface area (Å²) in [6.45, 7) is 3.03. The van der Waals surface area contributed by atoms with Crippen molar-refractivity contribution in [2.75, 3.05) is 26.1 Å². The molecule has 0 radical (unpaired) electrons. The summed E-state index contributed by atoms with van der Waals surface area (Å²) in [7, 11) is 3.15. The third-order valence-corrected chi connectivity index (χ3v) is 6.50. The number of methoxy groups -OCH3 is 2. The second-order valence-electron chi connectivity index (χ2n) is 8.52. The van der Waals surface area contributed by atoms with Gasteiger partial charge in [-0.3, -0.25) is 4.79 Å². The van der Waals surface area contributed by atoms with Crippen LogP contribution in [0.4, 0.5) is 5.69 Å². The molecule has 0 spiro atoms. The van der Waals surface area contributed by atoms with E-state index in [9.17, 15) is 4.79 Å². The van der Waals surface area contributed by atoms with Gasteiger partial charge in [-0.1, -0.05) is 47.5 Å². The lowest BCUT2D eigenvalue weighted by atomic mass is 10.1. The Morgan fingerprint density at radius 1 is 1.03 bits per heavy atom. The maximum absolute atomic E-state index is 13.0. The Kier molecular flexibility index (Phi) is 8.13. The Morgan fingerprint density at radius 2 is 1.78 bits per heavy atom. The average molecular weight is 522 g/mol. The molecule has 4 aromatic rings. The first-order chi connectivity index (χ1) is 17.4. The van der Waals surface area contributed by atoms with Crippen molar-refractivity contribution >= 4 is 45.5 Å². The minimum absolute atomic E-state index is 0.180. The van der Waals surface area contributed by atoms with Crippen LogP contribution in [0.25, 0.3) is 10.9 Å². The number of H-pyrrole nitrogens is 1. The lowest BCUT2D eigenvalue weighted by Gasteiger charge is -2.26. The molecule has 0 saturated heterocycles. The van der Waals surface area contributed by atoms with Crippen molar-refractivity contribution in [1.29, 1.82) is 0 Å². The van der Waals surface area contributed by atoms with Gasteiger partial charge >= 0.3 is 0 Å². The van der Waals surface area contributed by atoms with Crippen LogP contribution in [0.3, 0.4) is 0 Å². The summed E-state index contributed by atoms with van der Waals surface area (Å²) < 4.78 is 10.8. The van der Waals surface area contributed by atoms with Crippen LogP contribution in [-0.4, -0.2) is 35.8 Å². The first-order valence-corrected chi connectivity index (χ1v) is 12.3. The van der Waals surface area contributed by atoms with Crippen LogP contribution >= 0.6 is 23.8 Å². The van der Waals surface area contributed by atoms with Gasteiger partial charge in [-0.05, 0) is 61.5 Å². The predicted octanol–water partition coefficient (Wildman–Crippen LogP) is 5.95. The Balaban J connectivity index is 1.64. The van der Waals surface area contributed by atoms with Crippen LogP contribution < -0.4 is 20.3 Å². The monoisotopic (exact) mass is 521 g/mol. The maximum atomic E-state index is 13.0. The Labute approximate surface area is 220 Å². The topological polar surface area (TPSA) is 66.6 Å². The largest absolute Gasteiger partial charge is 0.493 e. The highest BCUT2D eigenvalue weighted by Gasteiger charge is 2.15. The molecule has 0 bridgehead atoms. The summed E-state index contributed by atoms with van der Waals surface area (Å²) in [5, 5.41) is 5.23. The fourth-order valence-electron chi connectivity index (χ4n) is 4.05. The van der Waals surface area contributed by atoms with E-state index in [0.717, 1.165) is 17.5 Å². The van der Waals surface area contributed by atoms with Crippen LogP contribution in [0.5, 0.6) is 11.5 Å².